The third-order valence-corrected chi connectivity index (χ3v) is 5.09. The number of amides is 2. The Hall–Kier alpha value is -4.74. The molecule has 0 aliphatic carbocycles. The van der Waals surface area contributed by atoms with Gasteiger partial charge in [0, 0.05) is 36.2 Å². The third-order valence-electron chi connectivity index (χ3n) is 5.09. The minimum absolute atomic E-state index is 0.00526. The predicted molar refractivity (Wildman–Crippen MR) is 126 cm³/mol. The van der Waals surface area contributed by atoms with E-state index in [9.17, 15) is 19.2 Å². The number of nitrogens with zero attached hydrogens (tertiary/aromatic N) is 2. The summed E-state index contributed by atoms with van der Waals surface area (Å²) in [7, 11) is 0. The van der Waals surface area contributed by atoms with E-state index in [1.54, 1.807) is 47.0 Å². The van der Waals surface area contributed by atoms with Gasteiger partial charge in [-0.25, -0.2) is 4.98 Å². The monoisotopic (exact) mass is 480 g/mol. The normalized spacial score (nSPS) is 10.6. The Morgan fingerprint density at radius 2 is 1.63 bits per heavy atom. The summed E-state index contributed by atoms with van der Waals surface area (Å²) >= 11 is 0. The number of hydrogen-bond acceptors (Lipinski definition) is 6. The molecule has 3 aromatic rings. The number of aromatic nitrogens is 2. The van der Waals surface area contributed by atoms with Gasteiger partial charge in [-0.05, 0) is 18.2 Å². The number of imidazole rings is 1. The molecule has 0 atom stereocenters. The van der Waals surface area contributed by atoms with Gasteiger partial charge >= 0.3 is 11.9 Å². The summed E-state index contributed by atoms with van der Waals surface area (Å²) in [4.78, 5) is 50.5. The largest absolute Gasteiger partial charge is 0.481 e. The van der Waals surface area contributed by atoms with Crippen molar-refractivity contribution in [3.8, 4) is 11.4 Å². The number of nitrogen functional groups attached to an aromatic ring is 1. The van der Waals surface area contributed by atoms with E-state index in [0.717, 1.165) is 0 Å². The second-order valence-electron chi connectivity index (χ2n) is 7.60. The maximum absolute atomic E-state index is 12.4. The number of fused-ring (bicyclic) bond motifs is 1. The summed E-state index contributed by atoms with van der Waals surface area (Å²) in [5.41, 5.74) is 8.16. The molecule has 0 fully saturated rings. The molecule has 0 unspecified atom stereocenters. The van der Waals surface area contributed by atoms with Crippen molar-refractivity contribution in [2.75, 3.05) is 13.1 Å². The lowest BCUT2D eigenvalue weighted by Gasteiger charge is -2.10. The van der Waals surface area contributed by atoms with Crippen molar-refractivity contribution in [1.29, 1.82) is 5.41 Å². The Morgan fingerprint density at radius 3 is 2.26 bits per heavy atom. The average molecular weight is 480 g/mol. The number of hydrogen-bond donors (Lipinski definition) is 6. The van der Waals surface area contributed by atoms with Crippen LogP contribution in [0.5, 0.6) is 0 Å². The van der Waals surface area contributed by atoms with Crippen LogP contribution in [0.2, 0.25) is 0 Å². The van der Waals surface area contributed by atoms with Crippen molar-refractivity contribution in [1.82, 2.24) is 20.2 Å². The third kappa shape index (κ3) is 6.41. The zero-order valence-electron chi connectivity index (χ0n) is 18.6. The van der Waals surface area contributed by atoms with Gasteiger partial charge < -0.3 is 31.1 Å². The fourth-order valence-corrected chi connectivity index (χ4v) is 3.38. The van der Waals surface area contributed by atoms with Gasteiger partial charge in [-0.15, -0.1) is 0 Å². The van der Waals surface area contributed by atoms with Crippen molar-refractivity contribution >= 4 is 40.6 Å². The number of rotatable bonds is 11. The first-order chi connectivity index (χ1) is 16.7. The molecule has 182 valence electrons. The summed E-state index contributed by atoms with van der Waals surface area (Å²) in [6, 6.07) is 11.6. The van der Waals surface area contributed by atoms with Crippen molar-refractivity contribution in [3.05, 3.63) is 53.6 Å². The van der Waals surface area contributed by atoms with Crippen molar-refractivity contribution < 1.29 is 29.4 Å². The molecule has 3 rings (SSSR count). The molecule has 0 aliphatic rings. The molecule has 1 aromatic heterocycles. The van der Waals surface area contributed by atoms with Gasteiger partial charge in [0.15, 0.2) is 0 Å². The first-order valence-corrected chi connectivity index (χ1v) is 10.6. The lowest BCUT2D eigenvalue weighted by molar-refractivity contribution is -0.138. The van der Waals surface area contributed by atoms with E-state index in [2.05, 4.69) is 15.6 Å². The second kappa shape index (κ2) is 10.9. The van der Waals surface area contributed by atoms with Crippen LogP contribution < -0.4 is 16.4 Å². The van der Waals surface area contributed by atoms with Crippen LogP contribution in [-0.4, -0.2) is 62.4 Å². The molecule has 2 aromatic carbocycles. The van der Waals surface area contributed by atoms with Crippen LogP contribution in [0.15, 0.2) is 42.5 Å². The van der Waals surface area contributed by atoms with Crippen LogP contribution in [0.4, 0.5) is 0 Å². The topological polar surface area (TPSA) is 200 Å². The number of carboxylic acid groups (broad SMARTS) is 2. The number of benzene rings is 2. The second-order valence-corrected chi connectivity index (χ2v) is 7.60. The summed E-state index contributed by atoms with van der Waals surface area (Å²) in [6.07, 6.45) is -0.207. The predicted octanol–water partition coefficient (Wildman–Crippen LogP) is 0.783. The fourth-order valence-electron chi connectivity index (χ4n) is 3.38. The number of amidine groups is 1. The number of nitrogens with one attached hydrogen (secondary N) is 3. The molecule has 0 bridgehead atoms. The average Bonchev–Trinajstić information content (AvgIpc) is 3.18. The van der Waals surface area contributed by atoms with Gasteiger partial charge in [-0.3, -0.25) is 24.6 Å². The Morgan fingerprint density at radius 1 is 0.943 bits per heavy atom. The smallest absolute Gasteiger partial charge is 0.322 e. The highest BCUT2D eigenvalue weighted by Crippen LogP contribution is 2.26. The van der Waals surface area contributed by atoms with E-state index in [1.807, 2.05) is 0 Å². The van der Waals surface area contributed by atoms with E-state index in [0.29, 0.717) is 33.5 Å². The van der Waals surface area contributed by atoms with Gasteiger partial charge in [0.05, 0.1) is 17.5 Å². The van der Waals surface area contributed by atoms with Gasteiger partial charge in [-0.1, -0.05) is 24.3 Å². The van der Waals surface area contributed by atoms with Gasteiger partial charge in [0.1, 0.15) is 18.2 Å². The highest BCUT2D eigenvalue weighted by Gasteiger charge is 2.17. The van der Waals surface area contributed by atoms with Crippen LogP contribution in [0.25, 0.3) is 22.4 Å². The summed E-state index contributed by atoms with van der Waals surface area (Å²) in [5.74, 6) is -2.63. The van der Waals surface area contributed by atoms with Crippen molar-refractivity contribution in [2.45, 2.75) is 19.4 Å². The van der Waals surface area contributed by atoms with Crippen molar-refractivity contribution in [2.24, 2.45) is 5.73 Å². The number of nitrogens with two attached hydrogens (primary N) is 1. The van der Waals surface area contributed by atoms with Crippen molar-refractivity contribution in [3.63, 3.8) is 0 Å². The van der Waals surface area contributed by atoms with Crippen LogP contribution in [-0.2, 0) is 20.9 Å². The molecule has 0 saturated carbocycles. The Balaban J connectivity index is 1.93. The lowest BCUT2D eigenvalue weighted by Crippen LogP contribution is -2.29. The molecule has 2 amide bonds. The maximum atomic E-state index is 12.4. The van der Waals surface area contributed by atoms with E-state index >= 15 is 0 Å². The van der Waals surface area contributed by atoms with Gasteiger partial charge in [-0.2, -0.15) is 0 Å². The standard InChI is InChI=1S/C23H24N6O6/c24-21(25)13-1-3-14(4-2-13)22-28-16-11-15(23(35)26-9-7-19(31)32)5-6-17(16)29(22)10-8-18(30)27-12-20(33)34/h1-6,11H,7-10,12H2,(H3,24,25)(H,26,35)(H,27,30)(H,31,32)(H,33,34). The van der Waals surface area contributed by atoms with Crippen LogP contribution in [0, 0.1) is 5.41 Å². The molecular formula is C23H24N6O6. The Labute approximate surface area is 199 Å². The zero-order chi connectivity index (χ0) is 25.5. The summed E-state index contributed by atoms with van der Waals surface area (Å²) in [5, 5.41) is 29.9. The molecule has 12 nitrogen and oxygen atoms in total. The number of aliphatic carboxylic acids is 2. The van der Waals surface area contributed by atoms with Crippen LogP contribution >= 0.6 is 0 Å². The molecule has 0 radical (unpaired) electrons. The SMILES string of the molecule is N=C(N)c1ccc(-c2nc3cc(C(=O)NCCC(=O)O)ccc3n2CCC(=O)NCC(=O)O)cc1. The Kier molecular flexibility index (Phi) is 7.77. The highest BCUT2D eigenvalue weighted by molar-refractivity contribution is 5.98. The minimum atomic E-state index is -1.15. The molecule has 12 heteroatoms. The van der Waals surface area contributed by atoms with Gasteiger partial charge in [0.2, 0.25) is 5.91 Å². The first-order valence-electron chi connectivity index (χ1n) is 10.6. The fraction of sp³-hybridized carbons (Fsp3) is 0.217. The summed E-state index contributed by atoms with van der Waals surface area (Å²) < 4.78 is 1.78. The molecular weight excluding hydrogens is 456 g/mol. The van der Waals surface area contributed by atoms with E-state index in [-0.39, 0.29) is 31.8 Å². The molecule has 0 aliphatic heterocycles. The molecule has 35 heavy (non-hydrogen) atoms. The molecule has 1 heterocycles. The maximum Gasteiger partial charge on any atom is 0.322 e. The zero-order valence-corrected chi connectivity index (χ0v) is 18.6. The number of carboxylic acids is 2. The summed E-state index contributed by atoms with van der Waals surface area (Å²) in [6.45, 7) is -0.307. The van der Waals surface area contributed by atoms with Crippen LogP contribution in [0.3, 0.4) is 0 Å². The van der Waals surface area contributed by atoms with Gasteiger partial charge in [0.25, 0.3) is 5.91 Å². The first kappa shape index (κ1) is 24.9. The Bertz CT molecular complexity index is 1300. The van der Waals surface area contributed by atoms with E-state index < -0.39 is 30.3 Å². The number of carbonyl (C=O) groups excluding carboxylic acids is 2. The van der Waals surface area contributed by atoms with Crippen LogP contribution in [0.1, 0.15) is 28.8 Å². The van der Waals surface area contributed by atoms with E-state index in [4.69, 9.17) is 21.4 Å². The number of aryl methyl sites for hydroxylation is 1. The lowest BCUT2D eigenvalue weighted by atomic mass is 10.1. The molecule has 7 N–H and O–H groups in total. The quantitative estimate of drug-likeness (QED) is 0.171. The minimum Gasteiger partial charge on any atom is -0.481 e. The van der Waals surface area contributed by atoms with E-state index in [1.165, 1.54) is 0 Å². The molecule has 0 saturated heterocycles. The molecule has 0 spiro atoms. The highest BCUT2D eigenvalue weighted by atomic mass is 16.4. The number of carbonyl (C=O) groups is 4.